The number of hydrogen-bond acceptors (Lipinski definition) is 4. The molecule has 0 aliphatic carbocycles. The molecule has 2 aliphatic heterocycles. The number of aromatic nitrogens is 4. The first kappa shape index (κ1) is 18.9. The Morgan fingerprint density at radius 2 is 1.45 bits per heavy atom. The number of para-hydroxylation sites is 1. The topological polar surface area (TPSA) is 54.1 Å². The summed E-state index contributed by atoms with van der Waals surface area (Å²) >= 11 is 17.6. The van der Waals surface area contributed by atoms with Crippen LogP contribution < -0.4 is 9.47 Å². The predicted octanol–water partition coefficient (Wildman–Crippen LogP) is 4.99. The van der Waals surface area contributed by atoms with Crippen molar-refractivity contribution in [3.05, 3.63) is 47.0 Å². The Hall–Kier alpha value is -2.15. The second kappa shape index (κ2) is 7.59. The second-order valence-corrected chi connectivity index (χ2v) is 7.69. The van der Waals surface area contributed by atoms with E-state index in [1.54, 1.807) is 0 Å². The Morgan fingerprint density at radius 1 is 0.828 bits per heavy atom. The smallest absolute Gasteiger partial charge is 0.146 e. The number of imidazole rings is 2. The summed E-state index contributed by atoms with van der Waals surface area (Å²) < 4.78 is 15.3. The van der Waals surface area contributed by atoms with Gasteiger partial charge in [-0.25, -0.2) is 9.97 Å². The number of nitrogens with zero attached hydrogens (tertiary/aromatic N) is 4. The van der Waals surface area contributed by atoms with Gasteiger partial charge < -0.3 is 18.6 Å². The van der Waals surface area contributed by atoms with E-state index in [1.165, 1.54) is 0 Å². The van der Waals surface area contributed by atoms with Crippen LogP contribution in [0, 0.1) is 0 Å². The molecule has 4 heterocycles. The van der Waals surface area contributed by atoms with Crippen molar-refractivity contribution >= 4 is 56.9 Å². The molecule has 0 atom stereocenters. The number of hydrogen-bond donors (Lipinski definition) is 0. The van der Waals surface area contributed by atoms with Crippen molar-refractivity contribution in [3.8, 4) is 11.5 Å². The van der Waals surface area contributed by atoms with Gasteiger partial charge in [-0.15, -0.1) is 23.2 Å². The molecule has 150 valence electrons. The average molecular weight is 452 g/mol. The Bertz CT molecular complexity index is 1220. The molecule has 6 rings (SSSR count). The molecule has 0 spiro atoms. The van der Waals surface area contributed by atoms with Crippen molar-refractivity contribution in [2.45, 2.75) is 24.8 Å². The van der Waals surface area contributed by atoms with Gasteiger partial charge in [-0.2, -0.15) is 0 Å². The summed E-state index contributed by atoms with van der Waals surface area (Å²) in [7, 11) is 0. The van der Waals surface area contributed by atoms with Gasteiger partial charge in [0.05, 0.1) is 35.9 Å². The Morgan fingerprint density at radius 3 is 2.14 bits per heavy atom. The molecule has 29 heavy (non-hydrogen) atoms. The van der Waals surface area contributed by atoms with E-state index >= 15 is 0 Å². The van der Waals surface area contributed by atoms with Gasteiger partial charge in [0.1, 0.15) is 47.4 Å². The first-order valence-corrected chi connectivity index (χ1v) is 10.7. The van der Waals surface area contributed by atoms with Gasteiger partial charge in [0.15, 0.2) is 0 Å². The minimum atomic E-state index is 0.408. The van der Waals surface area contributed by atoms with Crippen LogP contribution >= 0.6 is 34.8 Å². The van der Waals surface area contributed by atoms with Crippen LogP contribution in [0.3, 0.4) is 0 Å². The quantitative estimate of drug-likeness (QED) is 0.403. The summed E-state index contributed by atoms with van der Waals surface area (Å²) in [6.45, 7) is 2.98. The van der Waals surface area contributed by atoms with Gasteiger partial charge in [-0.3, -0.25) is 0 Å². The average Bonchev–Trinajstić information content (AvgIpc) is 3.29. The largest absolute Gasteiger partial charge is 0.489 e. The fourth-order valence-electron chi connectivity index (χ4n) is 3.85. The molecule has 0 saturated heterocycles. The highest BCUT2D eigenvalue weighted by Gasteiger charge is 2.19. The maximum absolute atomic E-state index is 5.97. The van der Waals surface area contributed by atoms with Gasteiger partial charge in [0.25, 0.3) is 0 Å². The third kappa shape index (κ3) is 3.19. The molecule has 0 unspecified atom stereocenters. The van der Waals surface area contributed by atoms with E-state index in [2.05, 4.69) is 19.1 Å². The maximum Gasteiger partial charge on any atom is 0.146 e. The molecule has 0 N–H and O–H groups in total. The molecule has 0 saturated carbocycles. The molecule has 0 amide bonds. The normalized spacial score (nSPS) is 14.3. The molecule has 9 heteroatoms. The zero-order valence-corrected chi connectivity index (χ0v) is 17.6. The lowest BCUT2D eigenvalue weighted by atomic mass is 10.2. The summed E-state index contributed by atoms with van der Waals surface area (Å²) in [5.41, 5.74) is 3.90. The van der Waals surface area contributed by atoms with E-state index in [-0.39, 0.29) is 0 Å². The summed E-state index contributed by atoms with van der Waals surface area (Å²) in [4.78, 5) is 8.88. The van der Waals surface area contributed by atoms with Crippen molar-refractivity contribution < 1.29 is 9.47 Å². The lowest BCUT2D eigenvalue weighted by Gasteiger charge is -2.17. The Balaban J connectivity index is 0.000000125. The first-order valence-electron chi connectivity index (χ1n) is 9.24. The number of ether oxygens (including phenoxy) is 2. The van der Waals surface area contributed by atoms with Crippen LogP contribution in [0.25, 0.3) is 22.1 Å². The second-order valence-electron chi connectivity index (χ2n) is 6.72. The highest BCUT2D eigenvalue weighted by molar-refractivity contribution is 6.31. The third-order valence-corrected chi connectivity index (χ3v) is 5.74. The first-order chi connectivity index (χ1) is 14.2. The molecule has 2 aromatic carbocycles. The van der Waals surface area contributed by atoms with Gasteiger partial charge in [-0.05, 0) is 18.2 Å². The molecule has 0 radical (unpaired) electrons. The number of rotatable bonds is 2. The SMILES string of the molecule is ClCc1nc2cc(Cl)cc3c2n1CCO3.ClCc1nc2cccc3c2n1CCO3. The van der Waals surface area contributed by atoms with Crippen LogP contribution in [0.5, 0.6) is 11.5 Å². The van der Waals surface area contributed by atoms with Crippen LogP contribution in [-0.4, -0.2) is 32.3 Å². The van der Waals surface area contributed by atoms with Crippen LogP contribution in [0.2, 0.25) is 5.02 Å². The highest BCUT2D eigenvalue weighted by atomic mass is 35.5. The summed E-state index contributed by atoms with van der Waals surface area (Å²) in [5.74, 6) is 4.38. The molecule has 2 aromatic heterocycles. The highest BCUT2D eigenvalue weighted by Crippen LogP contribution is 2.33. The minimum Gasteiger partial charge on any atom is -0.489 e. The van der Waals surface area contributed by atoms with Gasteiger partial charge in [-0.1, -0.05) is 17.7 Å². The molecule has 2 aliphatic rings. The van der Waals surface area contributed by atoms with Crippen LogP contribution in [0.15, 0.2) is 30.3 Å². The zero-order valence-electron chi connectivity index (χ0n) is 15.4. The van der Waals surface area contributed by atoms with Crippen molar-refractivity contribution in [1.82, 2.24) is 19.1 Å². The summed E-state index contributed by atoms with van der Waals surface area (Å²) in [5, 5.41) is 0.644. The van der Waals surface area contributed by atoms with Crippen LogP contribution in [0.4, 0.5) is 0 Å². The van der Waals surface area contributed by atoms with E-state index in [0.29, 0.717) is 30.0 Å². The van der Waals surface area contributed by atoms with Gasteiger partial charge >= 0.3 is 0 Å². The molecule has 0 bridgehead atoms. The molecule has 4 aromatic rings. The number of alkyl halides is 2. The molecule has 0 fully saturated rings. The maximum atomic E-state index is 5.97. The minimum absolute atomic E-state index is 0.408. The lowest BCUT2D eigenvalue weighted by Crippen LogP contribution is -2.15. The van der Waals surface area contributed by atoms with Gasteiger partial charge in [0, 0.05) is 11.1 Å². The number of halogens is 3. The van der Waals surface area contributed by atoms with E-state index < -0.39 is 0 Å². The summed E-state index contributed by atoms with van der Waals surface area (Å²) in [6.07, 6.45) is 0. The monoisotopic (exact) mass is 450 g/mol. The third-order valence-electron chi connectivity index (χ3n) is 5.04. The van der Waals surface area contributed by atoms with Crippen molar-refractivity contribution in [2.75, 3.05) is 13.2 Å². The fourth-order valence-corrected chi connectivity index (χ4v) is 4.46. The van der Waals surface area contributed by atoms with Crippen molar-refractivity contribution in [3.63, 3.8) is 0 Å². The molecular weight excluding hydrogens is 435 g/mol. The van der Waals surface area contributed by atoms with Crippen molar-refractivity contribution in [2.24, 2.45) is 0 Å². The number of benzene rings is 2. The fraction of sp³-hybridized carbons (Fsp3) is 0.300. The summed E-state index contributed by atoms with van der Waals surface area (Å²) in [6, 6.07) is 9.57. The van der Waals surface area contributed by atoms with E-state index in [1.807, 2.05) is 30.3 Å². The van der Waals surface area contributed by atoms with E-state index in [4.69, 9.17) is 44.3 Å². The van der Waals surface area contributed by atoms with Crippen molar-refractivity contribution in [1.29, 1.82) is 0 Å². The zero-order chi connectivity index (χ0) is 20.0. The van der Waals surface area contributed by atoms with Gasteiger partial charge in [0.2, 0.25) is 0 Å². The Kier molecular flexibility index (Phi) is 4.94. The molecule has 6 nitrogen and oxygen atoms in total. The Labute approximate surface area is 181 Å². The lowest BCUT2D eigenvalue weighted by molar-refractivity contribution is 0.285. The van der Waals surface area contributed by atoms with E-state index in [0.717, 1.165) is 58.3 Å². The van der Waals surface area contributed by atoms with Crippen LogP contribution in [0.1, 0.15) is 11.6 Å². The standard InChI is InChI=1S/C10H8Cl2N2O.C10H9ClN2O/c11-5-9-13-7-3-6(12)4-8-10(7)14(9)1-2-15-8;11-6-9-12-7-2-1-3-8-10(7)13(9)4-5-14-8/h3-4H,1-2,5H2;1-3H,4-6H2. The predicted molar refractivity (Wildman–Crippen MR) is 115 cm³/mol. The molecular formula is C20H17Cl3N4O2. The van der Waals surface area contributed by atoms with E-state index in [9.17, 15) is 0 Å². The van der Waals surface area contributed by atoms with Crippen LogP contribution in [-0.2, 0) is 24.8 Å².